The summed E-state index contributed by atoms with van der Waals surface area (Å²) >= 11 is 0. The fraction of sp³-hybridized carbons (Fsp3) is 0.941. The first-order chi connectivity index (χ1) is 9.28. The van der Waals surface area contributed by atoms with Crippen molar-refractivity contribution in [1.82, 2.24) is 0 Å². The first-order valence-corrected chi connectivity index (χ1v) is 8.38. The third kappa shape index (κ3) is 3.72. The predicted molar refractivity (Wildman–Crippen MR) is 77.6 cm³/mol. The zero-order valence-electron chi connectivity index (χ0n) is 12.2. The zero-order valence-corrected chi connectivity index (χ0v) is 12.2. The molecule has 0 aromatic heterocycles. The van der Waals surface area contributed by atoms with Crippen LogP contribution in [0, 0.1) is 22.7 Å². The molecule has 0 aliphatic heterocycles. The van der Waals surface area contributed by atoms with Crippen LogP contribution in [0.5, 0.6) is 0 Å². The third-order valence-electron chi connectivity index (χ3n) is 5.38. The monoisotopic (exact) mass is 263 g/mol. The SMILES string of the molecule is N#CC1(C(O)C2CCCCCC2)CCCCCCC1. The Morgan fingerprint density at radius 2 is 1.32 bits per heavy atom. The van der Waals surface area contributed by atoms with E-state index in [-0.39, 0.29) is 6.10 Å². The van der Waals surface area contributed by atoms with Gasteiger partial charge in [0, 0.05) is 0 Å². The average molecular weight is 263 g/mol. The van der Waals surface area contributed by atoms with E-state index in [1.165, 1.54) is 44.9 Å². The van der Waals surface area contributed by atoms with Crippen molar-refractivity contribution >= 4 is 0 Å². The van der Waals surface area contributed by atoms with Gasteiger partial charge in [-0.25, -0.2) is 0 Å². The number of rotatable bonds is 2. The first kappa shape index (κ1) is 14.9. The van der Waals surface area contributed by atoms with E-state index >= 15 is 0 Å². The second-order valence-electron chi connectivity index (χ2n) is 6.73. The normalized spacial score (nSPS) is 27.6. The molecule has 2 saturated carbocycles. The van der Waals surface area contributed by atoms with Gasteiger partial charge < -0.3 is 5.11 Å². The summed E-state index contributed by atoms with van der Waals surface area (Å²) in [6.45, 7) is 0. The van der Waals surface area contributed by atoms with Crippen molar-refractivity contribution in [2.24, 2.45) is 11.3 Å². The summed E-state index contributed by atoms with van der Waals surface area (Å²) < 4.78 is 0. The Bertz CT molecular complexity index is 291. The number of nitrogens with zero attached hydrogens (tertiary/aromatic N) is 1. The van der Waals surface area contributed by atoms with Crippen LogP contribution < -0.4 is 0 Å². The lowest BCUT2D eigenvalue weighted by molar-refractivity contribution is -0.00688. The van der Waals surface area contributed by atoms with E-state index in [1.807, 2.05) is 0 Å². The lowest BCUT2D eigenvalue weighted by Crippen LogP contribution is -2.40. The molecule has 1 N–H and O–H groups in total. The molecule has 0 radical (unpaired) electrons. The van der Waals surface area contributed by atoms with Gasteiger partial charge in [-0.15, -0.1) is 0 Å². The Balaban J connectivity index is 2.06. The van der Waals surface area contributed by atoms with Gasteiger partial charge in [0.05, 0.1) is 17.6 Å². The van der Waals surface area contributed by atoms with E-state index in [0.717, 1.165) is 38.5 Å². The molecule has 0 saturated heterocycles. The molecule has 19 heavy (non-hydrogen) atoms. The second kappa shape index (κ2) is 7.29. The van der Waals surface area contributed by atoms with Crippen LogP contribution in [0.15, 0.2) is 0 Å². The minimum atomic E-state index is -0.435. The number of hydrogen-bond acceptors (Lipinski definition) is 2. The topological polar surface area (TPSA) is 44.0 Å². The van der Waals surface area contributed by atoms with Crippen LogP contribution in [0.1, 0.15) is 83.5 Å². The van der Waals surface area contributed by atoms with Crippen molar-refractivity contribution in [2.45, 2.75) is 89.6 Å². The standard InChI is InChI=1S/C17H29NO/c18-14-17(12-8-4-1-5-9-13-17)16(19)15-10-6-2-3-7-11-15/h15-16,19H,1-13H2. The second-order valence-corrected chi connectivity index (χ2v) is 6.73. The van der Waals surface area contributed by atoms with Crippen LogP contribution in [0.4, 0.5) is 0 Å². The molecule has 0 aromatic rings. The summed E-state index contributed by atoms with van der Waals surface area (Å²) in [6, 6.07) is 2.55. The van der Waals surface area contributed by atoms with Gasteiger partial charge in [0.1, 0.15) is 0 Å². The molecule has 1 atom stereocenters. The molecule has 108 valence electrons. The van der Waals surface area contributed by atoms with Gasteiger partial charge in [0.25, 0.3) is 0 Å². The van der Waals surface area contributed by atoms with E-state index in [9.17, 15) is 10.4 Å². The van der Waals surface area contributed by atoms with Gasteiger partial charge in [-0.2, -0.15) is 5.26 Å². The molecule has 0 aromatic carbocycles. The highest BCUT2D eigenvalue weighted by Crippen LogP contribution is 2.42. The Kier molecular flexibility index (Phi) is 5.70. The van der Waals surface area contributed by atoms with Crippen LogP contribution in [-0.4, -0.2) is 11.2 Å². The van der Waals surface area contributed by atoms with Gasteiger partial charge in [-0.1, -0.05) is 57.8 Å². The molecular formula is C17H29NO. The first-order valence-electron chi connectivity index (χ1n) is 8.38. The summed E-state index contributed by atoms with van der Waals surface area (Å²) in [6.07, 6.45) is 14.8. The van der Waals surface area contributed by atoms with Crippen molar-refractivity contribution in [1.29, 1.82) is 5.26 Å². The molecule has 0 spiro atoms. The molecule has 2 nitrogen and oxygen atoms in total. The predicted octanol–water partition coefficient (Wildman–Crippen LogP) is 4.57. The maximum absolute atomic E-state index is 10.9. The van der Waals surface area contributed by atoms with E-state index in [0.29, 0.717) is 5.92 Å². The Hall–Kier alpha value is -0.550. The molecule has 0 heterocycles. The van der Waals surface area contributed by atoms with Crippen LogP contribution in [0.25, 0.3) is 0 Å². The van der Waals surface area contributed by atoms with Crippen LogP contribution in [0.2, 0.25) is 0 Å². The fourth-order valence-electron chi connectivity index (χ4n) is 4.09. The summed E-state index contributed by atoms with van der Waals surface area (Å²) in [4.78, 5) is 0. The van der Waals surface area contributed by atoms with E-state index in [4.69, 9.17) is 0 Å². The van der Waals surface area contributed by atoms with Crippen LogP contribution >= 0.6 is 0 Å². The minimum absolute atomic E-state index is 0.376. The highest BCUT2D eigenvalue weighted by atomic mass is 16.3. The third-order valence-corrected chi connectivity index (χ3v) is 5.38. The molecule has 2 aliphatic carbocycles. The molecule has 1 unspecified atom stereocenters. The zero-order chi connectivity index (χ0) is 13.6. The summed E-state index contributed by atoms with van der Waals surface area (Å²) in [5.74, 6) is 0.376. The van der Waals surface area contributed by atoms with Crippen molar-refractivity contribution < 1.29 is 5.11 Å². The number of aliphatic hydroxyl groups is 1. The summed E-state index contributed by atoms with van der Waals surface area (Å²) in [5, 5.41) is 20.6. The maximum atomic E-state index is 10.9. The largest absolute Gasteiger partial charge is 0.391 e. The van der Waals surface area contributed by atoms with E-state index < -0.39 is 5.41 Å². The Labute approximate surface area is 118 Å². The fourth-order valence-corrected chi connectivity index (χ4v) is 4.09. The minimum Gasteiger partial charge on any atom is -0.391 e. The van der Waals surface area contributed by atoms with Crippen molar-refractivity contribution in [3.8, 4) is 6.07 Å². The van der Waals surface area contributed by atoms with Crippen molar-refractivity contribution in [3.63, 3.8) is 0 Å². The number of hydrogen-bond donors (Lipinski definition) is 1. The molecule has 2 rings (SSSR count). The lowest BCUT2D eigenvalue weighted by Gasteiger charge is -2.37. The summed E-state index contributed by atoms with van der Waals surface area (Å²) in [5.41, 5.74) is -0.435. The highest BCUT2D eigenvalue weighted by molar-refractivity contribution is 5.05. The number of nitriles is 1. The smallest absolute Gasteiger partial charge is 0.0835 e. The average Bonchev–Trinajstić information content (AvgIpc) is 2.67. The molecular weight excluding hydrogens is 234 g/mol. The Morgan fingerprint density at radius 1 is 0.842 bits per heavy atom. The lowest BCUT2D eigenvalue weighted by atomic mass is 9.68. The molecule has 2 aliphatic rings. The molecule has 2 fully saturated rings. The molecule has 0 amide bonds. The van der Waals surface area contributed by atoms with Gasteiger partial charge in [0.15, 0.2) is 0 Å². The van der Waals surface area contributed by atoms with Gasteiger partial charge >= 0.3 is 0 Å². The van der Waals surface area contributed by atoms with Gasteiger partial charge in [-0.3, -0.25) is 0 Å². The molecule has 0 bridgehead atoms. The maximum Gasteiger partial charge on any atom is 0.0835 e. The van der Waals surface area contributed by atoms with Crippen LogP contribution in [-0.2, 0) is 0 Å². The van der Waals surface area contributed by atoms with E-state index in [2.05, 4.69) is 6.07 Å². The number of aliphatic hydroxyl groups excluding tert-OH is 1. The van der Waals surface area contributed by atoms with E-state index in [1.54, 1.807) is 0 Å². The highest BCUT2D eigenvalue weighted by Gasteiger charge is 2.41. The summed E-state index contributed by atoms with van der Waals surface area (Å²) in [7, 11) is 0. The van der Waals surface area contributed by atoms with Crippen LogP contribution in [0.3, 0.4) is 0 Å². The van der Waals surface area contributed by atoms with Crippen molar-refractivity contribution in [3.05, 3.63) is 0 Å². The Morgan fingerprint density at radius 3 is 1.84 bits per heavy atom. The van der Waals surface area contributed by atoms with Crippen molar-refractivity contribution in [2.75, 3.05) is 0 Å². The van der Waals surface area contributed by atoms with Gasteiger partial charge in [-0.05, 0) is 31.6 Å². The molecule has 2 heteroatoms. The quantitative estimate of drug-likeness (QED) is 0.741. The van der Waals surface area contributed by atoms with Gasteiger partial charge in [0.2, 0.25) is 0 Å².